The van der Waals surface area contributed by atoms with Gasteiger partial charge in [-0.1, -0.05) is 97.6 Å². The molecule has 0 saturated carbocycles. The molecule has 1 rings (SSSR count). The number of allylic oxidation sites excluding steroid dienone is 2. The first-order valence-electron chi connectivity index (χ1n) is 12.0. The lowest BCUT2D eigenvalue weighted by atomic mass is 9.59. The molecule has 0 aromatic carbocycles. The minimum absolute atomic E-state index is 0.103. The standard InChI is InChI=1S/C25H46O3S/c1-6-7-8-9-10-11-12-13-14-17-20-29(27,28)22(2)21-23(26)25(5)19-16-15-18-24(25,3)4/h15,18,22H,6-14,16-17,19-21H2,1-5H3. The third-order valence-electron chi connectivity index (χ3n) is 7.25. The molecule has 4 heteroatoms. The van der Waals surface area contributed by atoms with Crippen molar-refractivity contribution >= 4 is 15.6 Å². The SMILES string of the molecule is CCCCCCCCCCCCS(=O)(=O)C(C)CC(=O)C1(C)CCC=CC1(C)C. The Kier molecular flexibility index (Phi) is 11.2. The number of unbranched alkanes of at least 4 members (excludes halogenated alkanes) is 9. The summed E-state index contributed by atoms with van der Waals surface area (Å²) < 4.78 is 25.4. The van der Waals surface area contributed by atoms with Gasteiger partial charge in [-0.15, -0.1) is 0 Å². The molecule has 0 heterocycles. The highest BCUT2D eigenvalue weighted by atomic mass is 32.2. The van der Waals surface area contributed by atoms with Gasteiger partial charge in [0.25, 0.3) is 0 Å². The Labute approximate surface area is 181 Å². The second-order valence-corrected chi connectivity index (χ2v) is 12.5. The number of sulfone groups is 1. The minimum atomic E-state index is -3.20. The normalized spacial score (nSPS) is 22.5. The van der Waals surface area contributed by atoms with E-state index in [1.165, 1.54) is 44.9 Å². The summed E-state index contributed by atoms with van der Waals surface area (Å²) in [7, 11) is -3.20. The van der Waals surface area contributed by atoms with Crippen LogP contribution < -0.4 is 0 Å². The van der Waals surface area contributed by atoms with E-state index < -0.39 is 20.5 Å². The van der Waals surface area contributed by atoms with E-state index >= 15 is 0 Å². The van der Waals surface area contributed by atoms with Crippen LogP contribution in [0.5, 0.6) is 0 Å². The molecule has 0 spiro atoms. The highest BCUT2D eigenvalue weighted by Gasteiger charge is 2.46. The Balaban J connectivity index is 2.34. The van der Waals surface area contributed by atoms with Gasteiger partial charge in [0.15, 0.2) is 9.84 Å². The van der Waals surface area contributed by atoms with Gasteiger partial charge < -0.3 is 0 Å². The van der Waals surface area contributed by atoms with Crippen molar-refractivity contribution < 1.29 is 13.2 Å². The third kappa shape index (κ3) is 8.19. The molecule has 0 fully saturated rings. The quantitative estimate of drug-likeness (QED) is 0.208. The second kappa shape index (κ2) is 12.3. The van der Waals surface area contributed by atoms with Crippen molar-refractivity contribution in [1.29, 1.82) is 0 Å². The van der Waals surface area contributed by atoms with E-state index in [1.54, 1.807) is 6.92 Å². The van der Waals surface area contributed by atoms with Crippen LogP contribution in [-0.2, 0) is 14.6 Å². The van der Waals surface area contributed by atoms with Crippen molar-refractivity contribution in [2.24, 2.45) is 10.8 Å². The lowest BCUT2D eigenvalue weighted by Gasteiger charge is -2.44. The van der Waals surface area contributed by atoms with Crippen LogP contribution in [0.25, 0.3) is 0 Å². The molecular formula is C25H46O3S. The van der Waals surface area contributed by atoms with Crippen LogP contribution in [0, 0.1) is 10.8 Å². The smallest absolute Gasteiger partial charge is 0.153 e. The predicted octanol–water partition coefficient (Wildman–Crippen LogP) is 7.05. The van der Waals surface area contributed by atoms with E-state index in [1.807, 2.05) is 6.92 Å². The van der Waals surface area contributed by atoms with Crippen LogP contribution in [0.3, 0.4) is 0 Å². The first kappa shape index (κ1) is 26.4. The van der Waals surface area contributed by atoms with Gasteiger partial charge in [-0.25, -0.2) is 8.42 Å². The highest BCUT2D eigenvalue weighted by Crippen LogP contribution is 2.48. The largest absolute Gasteiger partial charge is 0.299 e. The molecule has 3 nitrogen and oxygen atoms in total. The zero-order chi connectivity index (χ0) is 22.0. The van der Waals surface area contributed by atoms with Gasteiger partial charge in [0.2, 0.25) is 0 Å². The molecule has 29 heavy (non-hydrogen) atoms. The number of hydrogen-bond donors (Lipinski definition) is 0. The van der Waals surface area contributed by atoms with E-state index in [9.17, 15) is 13.2 Å². The number of carbonyl (C=O) groups is 1. The van der Waals surface area contributed by atoms with Crippen LogP contribution in [-0.4, -0.2) is 25.2 Å². The van der Waals surface area contributed by atoms with Crippen molar-refractivity contribution in [1.82, 2.24) is 0 Å². The van der Waals surface area contributed by atoms with E-state index in [-0.39, 0.29) is 23.4 Å². The molecule has 0 amide bonds. The maximum Gasteiger partial charge on any atom is 0.153 e. The van der Waals surface area contributed by atoms with Crippen molar-refractivity contribution in [3.05, 3.63) is 12.2 Å². The Morgan fingerprint density at radius 3 is 1.97 bits per heavy atom. The average Bonchev–Trinajstić information content (AvgIpc) is 2.65. The Hall–Kier alpha value is -0.640. The van der Waals surface area contributed by atoms with Gasteiger partial charge in [-0.2, -0.15) is 0 Å². The van der Waals surface area contributed by atoms with Crippen LogP contribution in [0.15, 0.2) is 12.2 Å². The summed E-state index contributed by atoms with van der Waals surface area (Å²) in [5.41, 5.74) is -0.689. The number of ketones is 1. The fourth-order valence-electron chi connectivity index (χ4n) is 4.36. The minimum Gasteiger partial charge on any atom is -0.299 e. The average molecular weight is 427 g/mol. The highest BCUT2D eigenvalue weighted by molar-refractivity contribution is 7.92. The van der Waals surface area contributed by atoms with Gasteiger partial charge >= 0.3 is 0 Å². The second-order valence-electron chi connectivity index (χ2n) is 9.98. The lowest BCUT2D eigenvalue weighted by Crippen LogP contribution is -2.44. The van der Waals surface area contributed by atoms with Crippen molar-refractivity contribution in [2.45, 2.75) is 123 Å². The Morgan fingerprint density at radius 2 is 1.45 bits per heavy atom. The molecule has 0 aromatic heterocycles. The first-order valence-corrected chi connectivity index (χ1v) is 13.7. The summed E-state index contributed by atoms with van der Waals surface area (Å²) in [6.45, 7) is 10.1. The zero-order valence-corrected chi connectivity index (χ0v) is 20.6. The molecule has 2 atom stereocenters. The fraction of sp³-hybridized carbons (Fsp3) is 0.880. The molecule has 0 N–H and O–H groups in total. The van der Waals surface area contributed by atoms with Crippen LogP contribution in [0.2, 0.25) is 0 Å². The number of hydrogen-bond acceptors (Lipinski definition) is 3. The Bertz CT molecular complexity index is 618. The zero-order valence-electron chi connectivity index (χ0n) is 19.8. The third-order valence-corrected chi connectivity index (χ3v) is 9.50. The van der Waals surface area contributed by atoms with Crippen LogP contribution >= 0.6 is 0 Å². The molecule has 0 aromatic rings. The van der Waals surface area contributed by atoms with Gasteiger partial charge in [-0.3, -0.25) is 4.79 Å². The maximum absolute atomic E-state index is 13.0. The van der Waals surface area contributed by atoms with E-state index in [2.05, 4.69) is 32.9 Å². The van der Waals surface area contributed by atoms with Crippen LogP contribution in [0.1, 0.15) is 118 Å². The maximum atomic E-state index is 13.0. The molecule has 0 bridgehead atoms. The van der Waals surface area contributed by atoms with Gasteiger partial charge in [-0.05, 0) is 31.6 Å². The van der Waals surface area contributed by atoms with Gasteiger partial charge in [0.1, 0.15) is 5.78 Å². The summed E-state index contributed by atoms with van der Waals surface area (Å²) >= 11 is 0. The van der Waals surface area contributed by atoms with Crippen LogP contribution in [0.4, 0.5) is 0 Å². The van der Waals surface area contributed by atoms with Gasteiger partial charge in [0.05, 0.1) is 11.0 Å². The van der Waals surface area contributed by atoms with E-state index in [0.29, 0.717) is 0 Å². The van der Waals surface area contributed by atoms with E-state index in [4.69, 9.17) is 0 Å². The first-order chi connectivity index (χ1) is 13.6. The van der Waals surface area contributed by atoms with E-state index in [0.717, 1.165) is 32.1 Å². The number of Topliss-reactive ketones (excluding diaryl/α,β-unsaturated/α-hetero) is 1. The Morgan fingerprint density at radius 1 is 0.931 bits per heavy atom. The summed E-state index contributed by atoms with van der Waals surface area (Å²) in [6, 6.07) is 0. The predicted molar refractivity (Wildman–Crippen MR) is 125 cm³/mol. The molecule has 2 unspecified atom stereocenters. The lowest BCUT2D eigenvalue weighted by molar-refractivity contribution is -0.133. The molecule has 0 radical (unpaired) electrons. The molecule has 1 aliphatic rings. The van der Waals surface area contributed by atoms with Crippen molar-refractivity contribution in [2.75, 3.05) is 5.75 Å². The topological polar surface area (TPSA) is 51.2 Å². The molecule has 170 valence electrons. The summed E-state index contributed by atoms with van der Waals surface area (Å²) in [5.74, 6) is 0.323. The number of carbonyl (C=O) groups excluding carboxylic acids is 1. The molecule has 1 aliphatic carbocycles. The van der Waals surface area contributed by atoms with Crippen molar-refractivity contribution in [3.63, 3.8) is 0 Å². The summed E-state index contributed by atoms with van der Waals surface area (Å²) in [6.07, 6.45) is 18.0. The fourth-order valence-corrected chi connectivity index (χ4v) is 5.77. The van der Waals surface area contributed by atoms with Crippen molar-refractivity contribution in [3.8, 4) is 0 Å². The van der Waals surface area contributed by atoms with Gasteiger partial charge in [0, 0.05) is 11.8 Å². The molecule has 0 saturated heterocycles. The molecule has 0 aliphatic heterocycles. The summed E-state index contributed by atoms with van der Waals surface area (Å²) in [4.78, 5) is 13.0. The summed E-state index contributed by atoms with van der Waals surface area (Å²) in [5, 5.41) is -0.577. The number of rotatable bonds is 15. The monoisotopic (exact) mass is 426 g/mol. The molecular weight excluding hydrogens is 380 g/mol.